The number of benzene rings is 2. The maximum atomic E-state index is 11.9. The van der Waals surface area contributed by atoms with E-state index in [1.165, 1.54) is 7.11 Å². The van der Waals surface area contributed by atoms with Crippen molar-refractivity contribution in [1.82, 2.24) is 0 Å². The minimum atomic E-state index is -0.342. The maximum absolute atomic E-state index is 11.9. The summed E-state index contributed by atoms with van der Waals surface area (Å²) in [6.45, 7) is -0.178. The Morgan fingerprint density at radius 2 is 2.14 bits per heavy atom. The van der Waals surface area contributed by atoms with E-state index in [4.69, 9.17) is 20.5 Å². The van der Waals surface area contributed by atoms with Gasteiger partial charge in [-0.2, -0.15) is 5.26 Å². The van der Waals surface area contributed by atoms with Crippen LogP contribution in [0.2, 0.25) is 0 Å². The topological polar surface area (TPSA) is 97.4 Å². The number of nitrogen functional groups attached to an aromatic ring is 1. The molecule has 0 aliphatic rings. The Labute approximate surface area is 128 Å². The van der Waals surface area contributed by atoms with E-state index >= 15 is 0 Å². The van der Waals surface area contributed by atoms with Gasteiger partial charge in [-0.05, 0) is 30.3 Å². The molecule has 2 rings (SSSR count). The first-order valence-corrected chi connectivity index (χ1v) is 6.48. The van der Waals surface area contributed by atoms with E-state index in [1.54, 1.807) is 42.5 Å². The van der Waals surface area contributed by atoms with Crippen molar-refractivity contribution in [3.05, 3.63) is 48.0 Å². The lowest BCUT2D eigenvalue weighted by Gasteiger charge is -2.11. The summed E-state index contributed by atoms with van der Waals surface area (Å²) in [6.07, 6.45) is 0. The summed E-state index contributed by atoms with van der Waals surface area (Å²) in [4.78, 5) is 11.9. The normalized spacial score (nSPS) is 9.64. The van der Waals surface area contributed by atoms with Gasteiger partial charge in [-0.25, -0.2) is 0 Å². The van der Waals surface area contributed by atoms with Crippen LogP contribution in [0.5, 0.6) is 11.5 Å². The van der Waals surface area contributed by atoms with Crippen LogP contribution in [0.1, 0.15) is 5.56 Å². The SMILES string of the molecule is COc1cc(N)ccc1NC(=O)COc1cccc(C#N)c1. The van der Waals surface area contributed by atoms with E-state index in [9.17, 15) is 4.79 Å². The summed E-state index contributed by atoms with van der Waals surface area (Å²) in [6, 6.07) is 13.5. The highest BCUT2D eigenvalue weighted by atomic mass is 16.5. The van der Waals surface area contributed by atoms with Gasteiger partial charge in [-0.15, -0.1) is 0 Å². The number of nitrogens with one attached hydrogen (secondary N) is 1. The van der Waals surface area contributed by atoms with Gasteiger partial charge in [0.1, 0.15) is 11.5 Å². The molecule has 6 nitrogen and oxygen atoms in total. The highest BCUT2D eigenvalue weighted by molar-refractivity contribution is 5.93. The number of hydrogen-bond acceptors (Lipinski definition) is 5. The Morgan fingerprint density at radius 3 is 2.86 bits per heavy atom. The van der Waals surface area contributed by atoms with Crippen LogP contribution in [0.25, 0.3) is 0 Å². The predicted molar refractivity (Wildman–Crippen MR) is 82.7 cm³/mol. The molecule has 0 heterocycles. The third kappa shape index (κ3) is 3.90. The number of carbonyl (C=O) groups excluding carboxylic acids is 1. The number of carbonyl (C=O) groups is 1. The van der Waals surface area contributed by atoms with E-state index < -0.39 is 0 Å². The number of nitrogens with zero attached hydrogens (tertiary/aromatic N) is 1. The number of amides is 1. The van der Waals surface area contributed by atoms with Gasteiger partial charge in [0, 0.05) is 11.8 Å². The lowest BCUT2D eigenvalue weighted by atomic mass is 10.2. The fourth-order valence-electron chi connectivity index (χ4n) is 1.80. The third-order valence-corrected chi connectivity index (χ3v) is 2.83. The molecule has 0 aliphatic carbocycles. The summed E-state index contributed by atoms with van der Waals surface area (Å²) >= 11 is 0. The molecule has 0 aromatic heterocycles. The van der Waals surface area contributed by atoms with Crippen LogP contribution in [-0.2, 0) is 4.79 Å². The van der Waals surface area contributed by atoms with Gasteiger partial charge in [-0.3, -0.25) is 4.79 Å². The second-order valence-electron chi connectivity index (χ2n) is 4.44. The summed E-state index contributed by atoms with van der Waals surface area (Å²) < 4.78 is 10.5. The lowest BCUT2D eigenvalue weighted by molar-refractivity contribution is -0.118. The average molecular weight is 297 g/mol. The number of nitrogens with two attached hydrogens (primary N) is 1. The molecule has 0 unspecified atom stereocenters. The predicted octanol–water partition coefficient (Wildman–Crippen LogP) is 2.17. The molecule has 2 aromatic rings. The van der Waals surface area contributed by atoms with Gasteiger partial charge < -0.3 is 20.5 Å². The van der Waals surface area contributed by atoms with Crippen molar-refractivity contribution in [3.8, 4) is 17.6 Å². The second kappa shape index (κ2) is 6.99. The molecule has 0 atom stereocenters. The van der Waals surface area contributed by atoms with Crippen LogP contribution in [0.3, 0.4) is 0 Å². The zero-order valence-corrected chi connectivity index (χ0v) is 12.0. The first kappa shape index (κ1) is 15.2. The van der Waals surface area contributed by atoms with Crippen molar-refractivity contribution < 1.29 is 14.3 Å². The molecule has 0 saturated heterocycles. The van der Waals surface area contributed by atoms with Crippen molar-refractivity contribution in [1.29, 1.82) is 5.26 Å². The summed E-state index contributed by atoms with van der Waals surface area (Å²) in [5.74, 6) is 0.587. The number of anilines is 2. The average Bonchev–Trinajstić information content (AvgIpc) is 2.54. The van der Waals surface area contributed by atoms with Gasteiger partial charge in [0.2, 0.25) is 0 Å². The Bertz CT molecular complexity index is 723. The highest BCUT2D eigenvalue weighted by Crippen LogP contribution is 2.26. The van der Waals surface area contributed by atoms with Crippen molar-refractivity contribution in [2.24, 2.45) is 0 Å². The molecular formula is C16H15N3O3. The first-order valence-electron chi connectivity index (χ1n) is 6.48. The van der Waals surface area contributed by atoms with Crippen LogP contribution in [0.4, 0.5) is 11.4 Å². The van der Waals surface area contributed by atoms with Crippen LogP contribution in [0, 0.1) is 11.3 Å². The molecular weight excluding hydrogens is 282 g/mol. The van der Waals surface area contributed by atoms with Gasteiger partial charge in [-0.1, -0.05) is 6.07 Å². The molecule has 0 bridgehead atoms. The summed E-state index contributed by atoms with van der Waals surface area (Å²) in [5, 5.41) is 11.5. The van der Waals surface area contributed by atoms with Crippen molar-refractivity contribution in [2.45, 2.75) is 0 Å². The molecule has 2 aromatic carbocycles. The Morgan fingerprint density at radius 1 is 1.32 bits per heavy atom. The maximum Gasteiger partial charge on any atom is 0.262 e. The van der Waals surface area contributed by atoms with Crippen LogP contribution < -0.4 is 20.5 Å². The van der Waals surface area contributed by atoms with Crippen LogP contribution >= 0.6 is 0 Å². The number of hydrogen-bond donors (Lipinski definition) is 2. The molecule has 1 amide bonds. The van der Waals surface area contributed by atoms with E-state index in [2.05, 4.69) is 5.32 Å². The minimum absolute atomic E-state index is 0.178. The highest BCUT2D eigenvalue weighted by Gasteiger charge is 2.09. The largest absolute Gasteiger partial charge is 0.494 e. The summed E-state index contributed by atoms with van der Waals surface area (Å²) in [5.41, 5.74) is 7.17. The number of ether oxygens (including phenoxy) is 2. The zero-order valence-electron chi connectivity index (χ0n) is 12.0. The molecule has 0 fully saturated rings. The second-order valence-corrected chi connectivity index (χ2v) is 4.44. The smallest absolute Gasteiger partial charge is 0.262 e. The molecule has 22 heavy (non-hydrogen) atoms. The fourth-order valence-corrected chi connectivity index (χ4v) is 1.80. The van der Waals surface area contributed by atoms with Crippen molar-refractivity contribution >= 4 is 17.3 Å². The molecule has 3 N–H and O–H groups in total. The van der Waals surface area contributed by atoms with Gasteiger partial charge in [0.05, 0.1) is 24.4 Å². The first-order chi connectivity index (χ1) is 10.6. The molecule has 0 spiro atoms. The molecule has 0 radical (unpaired) electrons. The molecule has 6 heteroatoms. The Balaban J connectivity index is 1.97. The van der Waals surface area contributed by atoms with Gasteiger partial charge >= 0.3 is 0 Å². The van der Waals surface area contributed by atoms with Gasteiger partial charge in [0.25, 0.3) is 5.91 Å². The Kier molecular flexibility index (Phi) is 4.83. The van der Waals surface area contributed by atoms with E-state index in [1.807, 2.05) is 6.07 Å². The minimum Gasteiger partial charge on any atom is -0.494 e. The van der Waals surface area contributed by atoms with Gasteiger partial charge in [0.15, 0.2) is 6.61 Å². The van der Waals surface area contributed by atoms with E-state index in [-0.39, 0.29) is 12.5 Å². The zero-order chi connectivity index (χ0) is 15.9. The number of nitriles is 1. The Hall–Kier alpha value is -3.20. The van der Waals surface area contributed by atoms with Crippen molar-refractivity contribution in [3.63, 3.8) is 0 Å². The molecule has 0 saturated carbocycles. The summed E-state index contributed by atoms with van der Waals surface area (Å²) in [7, 11) is 1.49. The van der Waals surface area contributed by atoms with Crippen LogP contribution in [0.15, 0.2) is 42.5 Å². The van der Waals surface area contributed by atoms with E-state index in [0.717, 1.165) is 0 Å². The third-order valence-electron chi connectivity index (χ3n) is 2.83. The number of rotatable bonds is 5. The number of methoxy groups -OCH3 is 1. The quantitative estimate of drug-likeness (QED) is 0.824. The monoisotopic (exact) mass is 297 g/mol. The fraction of sp³-hybridized carbons (Fsp3) is 0.125. The molecule has 0 aliphatic heterocycles. The van der Waals surface area contributed by atoms with Crippen LogP contribution in [-0.4, -0.2) is 19.6 Å². The van der Waals surface area contributed by atoms with E-state index in [0.29, 0.717) is 28.4 Å². The molecule has 112 valence electrons. The lowest BCUT2D eigenvalue weighted by Crippen LogP contribution is -2.20. The van der Waals surface area contributed by atoms with Crippen molar-refractivity contribution in [2.75, 3.05) is 24.8 Å². The standard InChI is InChI=1S/C16H15N3O3/c1-21-15-8-12(18)5-6-14(15)19-16(20)10-22-13-4-2-3-11(7-13)9-17/h2-8H,10,18H2,1H3,(H,19,20).